The number of halogens is 1. The molecule has 2 atom stereocenters. The highest BCUT2D eigenvalue weighted by atomic mass is 19.1. The fraction of sp³-hybridized carbons (Fsp3) is 0.519. The molecule has 4 aliphatic rings. The first-order valence-electron chi connectivity index (χ1n) is 11.9. The lowest BCUT2D eigenvalue weighted by molar-refractivity contribution is -0.0349. The molecule has 170 valence electrons. The summed E-state index contributed by atoms with van der Waals surface area (Å²) in [6.07, 6.45) is 3.49. The van der Waals surface area contributed by atoms with Crippen LogP contribution in [0.2, 0.25) is 0 Å². The molecule has 3 fully saturated rings. The summed E-state index contributed by atoms with van der Waals surface area (Å²) < 4.78 is 21.1. The van der Waals surface area contributed by atoms with Gasteiger partial charge in [0.2, 0.25) is 0 Å². The minimum atomic E-state index is -0.380. The number of fused-ring (bicyclic) bond motifs is 4. The molecule has 2 aromatic rings. The van der Waals surface area contributed by atoms with Crippen LogP contribution in [0.25, 0.3) is 11.1 Å². The van der Waals surface area contributed by atoms with Gasteiger partial charge in [-0.3, -0.25) is 4.90 Å². The van der Waals surface area contributed by atoms with Gasteiger partial charge in [-0.05, 0) is 84.5 Å². The number of nitrogens with one attached hydrogen (secondary N) is 1. The van der Waals surface area contributed by atoms with Crippen molar-refractivity contribution in [3.63, 3.8) is 0 Å². The van der Waals surface area contributed by atoms with Crippen LogP contribution in [0.15, 0.2) is 36.4 Å². The van der Waals surface area contributed by atoms with Crippen LogP contribution in [0, 0.1) is 17.2 Å². The second-order valence-corrected chi connectivity index (χ2v) is 10.4. The molecule has 1 aliphatic carbocycles. The second kappa shape index (κ2) is 8.18. The highest BCUT2D eigenvalue weighted by molar-refractivity contribution is 5.70. The van der Waals surface area contributed by atoms with Gasteiger partial charge in [0, 0.05) is 12.1 Å². The Kier molecular flexibility index (Phi) is 5.48. The SMILES string of the molecule is CCc1cccc(-c2cc3c(cc2F)C(NC(=O)O[C@@H]2CN4CCC2CC4)C(C)(C)C3)c1. The number of rotatable bonds is 4. The third-order valence-electron chi connectivity index (χ3n) is 7.73. The molecular weight excluding hydrogens is 403 g/mol. The van der Waals surface area contributed by atoms with E-state index in [1.807, 2.05) is 18.2 Å². The van der Waals surface area contributed by atoms with Gasteiger partial charge in [0.1, 0.15) is 11.9 Å². The quantitative estimate of drug-likeness (QED) is 0.688. The number of carbonyl (C=O) groups is 1. The van der Waals surface area contributed by atoms with E-state index in [9.17, 15) is 4.79 Å². The van der Waals surface area contributed by atoms with E-state index in [4.69, 9.17) is 4.74 Å². The third-order valence-corrected chi connectivity index (χ3v) is 7.73. The van der Waals surface area contributed by atoms with E-state index < -0.39 is 0 Å². The fourth-order valence-electron chi connectivity index (χ4n) is 5.86. The van der Waals surface area contributed by atoms with Crippen molar-refractivity contribution < 1.29 is 13.9 Å². The number of carbonyl (C=O) groups excluding carboxylic acids is 1. The lowest BCUT2D eigenvalue weighted by Crippen LogP contribution is -2.53. The van der Waals surface area contributed by atoms with Gasteiger partial charge in [-0.25, -0.2) is 9.18 Å². The molecule has 5 heteroatoms. The molecular formula is C27H33FN2O2. The van der Waals surface area contributed by atoms with Crippen LogP contribution in [0.3, 0.4) is 0 Å². The van der Waals surface area contributed by atoms with E-state index >= 15 is 4.39 Å². The van der Waals surface area contributed by atoms with Gasteiger partial charge in [-0.15, -0.1) is 0 Å². The largest absolute Gasteiger partial charge is 0.445 e. The zero-order valence-corrected chi connectivity index (χ0v) is 19.3. The lowest BCUT2D eigenvalue weighted by Gasteiger charge is -2.44. The van der Waals surface area contributed by atoms with E-state index in [-0.39, 0.29) is 29.5 Å². The maximum Gasteiger partial charge on any atom is 0.407 e. The topological polar surface area (TPSA) is 41.6 Å². The number of amides is 1. The monoisotopic (exact) mass is 436 g/mol. The highest BCUT2D eigenvalue weighted by Crippen LogP contribution is 2.47. The first-order chi connectivity index (χ1) is 15.3. The van der Waals surface area contributed by atoms with E-state index in [1.165, 1.54) is 5.56 Å². The van der Waals surface area contributed by atoms with Crippen LogP contribution >= 0.6 is 0 Å². The molecule has 1 amide bonds. The maximum absolute atomic E-state index is 15.3. The van der Waals surface area contributed by atoms with Gasteiger partial charge in [-0.2, -0.15) is 0 Å². The Morgan fingerprint density at radius 1 is 1.22 bits per heavy atom. The highest BCUT2D eigenvalue weighted by Gasteiger charge is 2.42. The average Bonchev–Trinajstić information content (AvgIpc) is 3.03. The van der Waals surface area contributed by atoms with Crippen molar-refractivity contribution in [2.75, 3.05) is 19.6 Å². The van der Waals surface area contributed by atoms with Crippen LogP contribution in [0.4, 0.5) is 9.18 Å². The van der Waals surface area contributed by atoms with E-state index in [0.717, 1.165) is 62.0 Å². The number of nitrogens with zero attached hydrogens (tertiary/aromatic N) is 1. The molecule has 2 bridgehead atoms. The molecule has 3 saturated heterocycles. The van der Waals surface area contributed by atoms with Crippen molar-refractivity contribution >= 4 is 6.09 Å². The smallest absolute Gasteiger partial charge is 0.407 e. The summed E-state index contributed by atoms with van der Waals surface area (Å²) >= 11 is 0. The van der Waals surface area contributed by atoms with Crippen LogP contribution < -0.4 is 5.32 Å². The van der Waals surface area contributed by atoms with Gasteiger partial charge in [0.15, 0.2) is 0 Å². The summed E-state index contributed by atoms with van der Waals surface area (Å²) in [4.78, 5) is 15.2. The number of ether oxygens (including phenoxy) is 1. The summed E-state index contributed by atoms with van der Waals surface area (Å²) in [5, 5.41) is 3.09. The van der Waals surface area contributed by atoms with Gasteiger partial charge in [0.05, 0.1) is 6.04 Å². The Hall–Kier alpha value is -2.40. The first kappa shape index (κ1) is 21.4. The first-order valence-corrected chi connectivity index (χ1v) is 11.9. The lowest BCUT2D eigenvalue weighted by atomic mass is 9.85. The molecule has 2 aromatic carbocycles. The van der Waals surface area contributed by atoms with Crippen molar-refractivity contribution in [1.82, 2.24) is 10.2 Å². The number of aryl methyl sites for hydroxylation is 1. The Morgan fingerprint density at radius 2 is 2.00 bits per heavy atom. The van der Waals surface area contributed by atoms with Crippen LogP contribution in [0.1, 0.15) is 56.3 Å². The molecule has 1 unspecified atom stereocenters. The van der Waals surface area contributed by atoms with Crippen LogP contribution in [-0.4, -0.2) is 36.7 Å². The number of hydrogen-bond donors (Lipinski definition) is 1. The van der Waals surface area contributed by atoms with E-state index in [2.05, 4.69) is 43.1 Å². The molecule has 6 rings (SSSR count). The van der Waals surface area contributed by atoms with Gasteiger partial charge < -0.3 is 10.1 Å². The molecule has 0 saturated carbocycles. The van der Waals surface area contributed by atoms with Crippen molar-refractivity contribution in [2.24, 2.45) is 11.3 Å². The third kappa shape index (κ3) is 3.92. The Labute approximate surface area is 190 Å². The van der Waals surface area contributed by atoms with Crippen molar-refractivity contribution in [3.8, 4) is 11.1 Å². The standard InChI is InChI=1S/C27H33FN2O2/c1-4-17-6-5-7-19(12-17)21-13-20-15-27(2,3)25(22(20)14-23(21)28)29-26(31)32-24-16-30-10-8-18(24)9-11-30/h5-7,12-14,18,24-25H,4,8-11,15-16H2,1-3H3,(H,29,31)/t24-,25?/m1/s1. The molecule has 3 heterocycles. The van der Waals surface area contributed by atoms with Crippen molar-refractivity contribution in [1.29, 1.82) is 0 Å². The molecule has 4 nitrogen and oxygen atoms in total. The van der Waals surface area contributed by atoms with E-state index in [0.29, 0.717) is 11.5 Å². The number of hydrogen-bond acceptors (Lipinski definition) is 3. The van der Waals surface area contributed by atoms with Crippen LogP contribution in [-0.2, 0) is 17.6 Å². The number of alkyl carbamates (subject to hydrolysis) is 1. The predicted molar refractivity (Wildman–Crippen MR) is 124 cm³/mol. The minimum Gasteiger partial charge on any atom is -0.445 e. The van der Waals surface area contributed by atoms with E-state index in [1.54, 1.807) is 6.07 Å². The van der Waals surface area contributed by atoms with Crippen molar-refractivity contribution in [2.45, 2.75) is 58.6 Å². The van der Waals surface area contributed by atoms with Crippen LogP contribution in [0.5, 0.6) is 0 Å². The fourth-order valence-corrected chi connectivity index (χ4v) is 5.86. The normalized spacial score (nSPS) is 27.8. The second-order valence-electron chi connectivity index (χ2n) is 10.4. The maximum atomic E-state index is 15.3. The van der Waals surface area contributed by atoms with Crippen molar-refractivity contribution in [3.05, 3.63) is 58.9 Å². The molecule has 0 aromatic heterocycles. The molecule has 0 radical (unpaired) electrons. The minimum absolute atomic E-state index is 0.0357. The zero-order chi connectivity index (χ0) is 22.5. The summed E-state index contributed by atoms with van der Waals surface area (Å²) in [6, 6.07) is 11.4. The Bertz CT molecular complexity index is 1030. The average molecular weight is 437 g/mol. The van der Waals surface area contributed by atoms with Gasteiger partial charge in [-0.1, -0.05) is 45.0 Å². The predicted octanol–water partition coefficient (Wildman–Crippen LogP) is 5.50. The summed E-state index contributed by atoms with van der Waals surface area (Å²) in [5.74, 6) is 0.223. The van der Waals surface area contributed by atoms with Gasteiger partial charge >= 0.3 is 6.09 Å². The number of piperidine rings is 3. The van der Waals surface area contributed by atoms with Gasteiger partial charge in [0.25, 0.3) is 0 Å². The summed E-state index contributed by atoms with van der Waals surface area (Å²) in [7, 11) is 0. The Balaban J connectivity index is 1.37. The zero-order valence-electron chi connectivity index (χ0n) is 19.3. The summed E-state index contributed by atoms with van der Waals surface area (Å²) in [6.45, 7) is 9.41. The molecule has 3 aliphatic heterocycles. The number of benzene rings is 2. The molecule has 32 heavy (non-hydrogen) atoms. The molecule has 0 spiro atoms. The molecule has 1 N–H and O–H groups in total. The summed E-state index contributed by atoms with van der Waals surface area (Å²) in [5.41, 5.74) is 4.48. The Morgan fingerprint density at radius 3 is 2.69 bits per heavy atom.